The van der Waals surface area contributed by atoms with Gasteiger partial charge in [-0.1, -0.05) is 0 Å². The number of pyridine rings is 1. The van der Waals surface area contributed by atoms with E-state index in [1.807, 2.05) is 42.6 Å². The Morgan fingerprint density at radius 2 is 1.72 bits per heavy atom. The number of aromatic nitrogens is 1. The lowest BCUT2D eigenvalue weighted by atomic mass is 10.2. The van der Waals surface area contributed by atoms with Gasteiger partial charge in [0.1, 0.15) is 11.6 Å². The Morgan fingerprint density at radius 3 is 2.36 bits per heavy atom. The second-order valence-corrected chi connectivity index (χ2v) is 5.76. The van der Waals surface area contributed by atoms with Gasteiger partial charge in [-0.05, 0) is 62.4 Å². The Kier molecular flexibility index (Phi) is 4.93. The van der Waals surface area contributed by atoms with Gasteiger partial charge < -0.3 is 19.4 Å². The van der Waals surface area contributed by atoms with E-state index in [1.165, 1.54) is 0 Å². The second kappa shape index (κ2) is 7.30. The Bertz CT molecular complexity index is 864. The summed E-state index contributed by atoms with van der Waals surface area (Å²) >= 11 is 0. The first-order chi connectivity index (χ1) is 12.2. The molecule has 0 saturated carbocycles. The third-order valence-corrected chi connectivity index (χ3v) is 4.33. The highest BCUT2D eigenvalue weighted by Crippen LogP contribution is 2.21. The molecule has 1 aromatic carbocycles. The van der Waals surface area contributed by atoms with Crippen molar-refractivity contribution >= 4 is 22.9 Å². The van der Waals surface area contributed by atoms with E-state index in [0.717, 1.165) is 35.9 Å². The molecule has 0 fully saturated rings. The fourth-order valence-electron chi connectivity index (χ4n) is 2.90. The Morgan fingerprint density at radius 1 is 1.04 bits per heavy atom. The van der Waals surface area contributed by atoms with Gasteiger partial charge in [-0.2, -0.15) is 0 Å². The van der Waals surface area contributed by atoms with E-state index in [2.05, 4.69) is 40.6 Å². The molecule has 0 atom stereocenters. The first-order valence-electron chi connectivity index (χ1n) is 8.47. The lowest BCUT2D eigenvalue weighted by molar-refractivity contribution is 0.102. The summed E-state index contributed by atoms with van der Waals surface area (Å²) in [5.74, 6) is 1.72. The summed E-state index contributed by atoms with van der Waals surface area (Å²) in [4.78, 5) is 14.8. The molecule has 3 aromatic rings. The highest BCUT2D eigenvalue weighted by molar-refractivity contribution is 6.04. The minimum atomic E-state index is -0.133. The third kappa shape index (κ3) is 3.45. The molecule has 0 aliphatic carbocycles. The van der Waals surface area contributed by atoms with E-state index in [9.17, 15) is 4.79 Å². The van der Waals surface area contributed by atoms with Crippen molar-refractivity contribution in [2.45, 2.75) is 13.8 Å². The zero-order valence-corrected chi connectivity index (χ0v) is 14.8. The molecule has 0 aliphatic rings. The van der Waals surface area contributed by atoms with E-state index in [4.69, 9.17) is 4.74 Å². The average Bonchev–Trinajstić information content (AvgIpc) is 3.06. The van der Waals surface area contributed by atoms with Crippen LogP contribution in [-0.4, -0.2) is 30.5 Å². The van der Waals surface area contributed by atoms with Crippen LogP contribution >= 0.6 is 0 Å². The number of benzene rings is 1. The van der Waals surface area contributed by atoms with Crippen molar-refractivity contribution in [2.24, 2.45) is 0 Å². The minimum absolute atomic E-state index is 0.133. The van der Waals surface area contributed by atoms with Crippen molar-refractivity contribution in [3.63, 3.8) is 0 Å². The van der Waals surface area contributed by atoms with Crippen LogP contribution < -0.4 is 15.0 Å². The molecule has 0 radical (unpaired) electrons. The number of carbonyl (C=O) groups excluding carboxylic acids is 1. The molecule has 2 aromatic heterocycles. The van der Waals surface area contributed by atoms with E-state index < -0.39 is 0 Å². The van der Waals surface area contributed by atoms with Gasteiger partial charge in [0.05, 0.1) is 12.7 Å². The molecule has 1 N–H and O–H groups in total. The lowest BCUT2D eigenvalue weighted by Gasteiger charge is -2.20. The number of hydrogen-bond acceptors (Lipinski definition) is 3. The number of carbonyl (C=O) groups is 1. The summed E-state index contributed by atoms with van der Waals surface area (Å²) in [6, 6.07) is 15.3. The molecule has 130 valence electrons. The number of nitrogens with zero attached hydrogens (tertiary/aromatic N) is 2. The van der Waals surface area contributed by atoms with Crippen LogP contribution in [0.2, 0.25) is 0 Å². The summed E-state index contributed by atoms with van der Waals surface area (Å²) in [5.41, 5.74) is 2.43. The van der Waals surface area contributed by atoms with Crippen molar-refractivity contribution in [3.05, 3.63) is 60.3 Å². The maximum atomic E-state index is 12.6. The molecule has 5 heteroatoms. The molecule has 0 bridgehead atoms. The van der Waals surface area contributed by atoms with Crippen LogP contribution in [0.5, 0.6) is 5.75 Å². The van der Waals surface area contributed by atoms with Crippen LogP contribution in [0.1, 0.15) is 24.2 Å². The molecular formula is C20H23N3O2. The number of fused-ring (bicyclic) bond motifs is 1. The Labute approximate surface area is 147 Å². The van der Waals surface area contributed by atoms with Gasteiger partial charge in [-0.15, -0.1) is 0 Å². The molecule has 0 unspecified atom stereocenters. The molecule has 3 rings (SSSR count). The van der Waals surface area contributed by atoms with Gasteiger partial charge in [-0.25, -0.2) is 0 Å². The van der Waals surface area contributed by atoms with E-state index in [-0.39, 0.29) is 5.91 Å². The molecule has 0 saturated heterocycles. The summed E-state index contributed by atoms with van der Waals surface area (Å²) in [7, 11) is 1.62. The standard InChI is InChI=1S/C20H23N3O2/c1-4-22(5-2)19-13-10-17-9-6-15(14-23(17)19)20(24)21-16-7-11-18(25-3)12-8-16/h6-14H,4-5H2,1-3H3,(H,21,24). The van der Waals surface area contributed by atoms with Gasteiger partial charge in [0, 0.05) is 30.5 Å². The van der Waals surface area contributed by atoms with Crippen LogP contribution in [0.25, 0.3) is 5.52 Å². The zero-order chi connectivity index (χ0) is 17.8. The van der Waals surface area contributed by atoms with Crippen molar-refractivity contribution in [2.75, 3.05) is 30.4 Å². The molecular weight excluding hydrogens is 314 g/mol. The fourth-order valence-corrected chi connectivity index (χ4v) is 2.90. The van der Waals surface area contributed by atoms with Gasteiger partial charge in [0.25, 0.3) is 5.91 Å². The van der Waals surface area contributed by atoms with Gasteiger partial charge >= 0.3 is 0 Å². The fraction of sp³-hybridized carbons (Fsp3) is 0.250. The number of ether oxygens (including phenoxy) is 1. The van der Waals surface area contributed by atoms with E-state index in [0.29, 0.717) is 5.56 Å². The maximum Gasteiger partial charge on any atom is 0.257 e. The van der Waals surface area contributed by atoms with Crippen LogP contribution in [0.4, 0.5) is 11.5 Å². The maximum absolute atomic E-state index is 12.6. The van der Waals surface area contributed by atoms with Crippen LogP contribution in [-0.2, 0) is 0 Å². The SMILES string of the molecule is CCN(CC)c1ccc2ccc(C(=O)Nc3ccc(OC)cc3)cn12. The lowest BCUT2D eigenvalue weighted by Crippen LogP contribution is -2.23. The number of hydrogen-bond donors (Lipinski definition) is 1. The third-order valence-electron chi connectivity index (χ3n) is 4.33. The molecule has 2 heterocycles. The predicted octanol–water partition coefficient (Wildman–Crippen LogP) is 4.05. The van der Waals surface area contributed by atoms with Crippen LogP contribution in [0.3, 0.4) is 0 Å². The zero-order valence-electron chi connectivity index (χ0n) is 14.8. The summed E-state index contributed by atoms with van der Waals surface area (Å²) < 4.78 is 7.20. The molecule has 0 spiro atoms. The monoisotopic (exact) mass is 337 g/mol. The largest absolute Gasteiger partial charge is 0.497 e. The highest BCUT2D eigenvalue weighted by Gasteiger charge is 2.11. The van der Waals surface area contributed by atoms with Crippen LogP contribution in [0.15, 0.2) is 54.7 Å². The van der Waals surface area contributed by atoms with Gasteiger partial charge in [0.2, 0.25) is 0 Å². The van der Waals surface area contributed by atoms with Crippen molar-refractivity contribution in [1.82, 2.24) is 4.40 Å². The predicted molar refractivity (Wildman–Crippen MR) is 102 cm³/mol. The quantitative estimate of drug-likeness (QED) is 0.738. The average molecular weight is 337 g/mol. The molecule has 0 aliphatic heterocycles. The second-order valence-electron chi connectivity index (χ2n) is 5.76. The van der Waals surface area contributed by atoms with Gasteiger partial charge in [0.15, 0.2) is 0 Å². The Balaban J connectivity index is 1.86. The normalized spacial score (nSPS) is 10.7. The van der Waals surface area contributed by atoms with E-state index in [1.54, 1.807) is 7.11 Å². The van der Waals surface area contributed by atoms with Crippen molar-refractivity contribution in [1.29, 1.82) is 0 Å². The number of nitrogens with one attached hydrogen (secondary N) is 1. The molecule has 25 heavy (non-hydrogen) atoms. The van der Waals surface area contributed by atoms with E-state index >= 15 is 0 Å². The Hall–Kier alpha value is -2.95. The first kappa shape index (κ1) is 16.9. The summed E-state index contributed by atoms with van der Waals surface area (Å²) in [6.45, 7) is 6.10. The number of amides is 1. The first-order valence-corrected chi connectivity index (χ1v) is 8.47. The topological polar surface area (TPSA) is 46.0 Å². The smallest absolute Gasteiger partial charge is 0.257 e. The van der Waals surface area contributed by atoms with Crippen molar-refractivity contribution < 1.29 is 9.53 Å². The number of anilines is 2. The summed E-state index contributed by atoms with van der Waals surface area (Å²) in [6.07, 6.45) is 1.89. The van der Waals surface area contributed by atoms with Gasteiger partial charge in [-0.3, -0.25) is 4.79 Å². The molecule has 5 nitrogen and oxygen atoms in total. The number of rotatable bonds is 6. The molecule has 1 amide bonds. The van der Waals surface area contributed by atoms with Crippen molar-refractivity contribution in [3.8, 4) is 5.75 Å². The highest BCUT2D eigenvalue weighted by atomic mass is 16.5. The summed E-state index contributed by atoms with van der Waals surface area (Å²) in [5, 5.41) is 2.92. The number of methoxy groups -OCH3 is 1. The van der Waals surface area contributed by atoms with Crippen LogP contribution in [0, 0.1) is 0 Å². The minimum Gasteiger partial charge on any atom is -0.497 e.